The Morgan fingerprint density at radius 2 is 2.10 bits per heavy atom. The highest BCUT2D eigenvalue weighted by Crippen LogP contribution is 2.41. The van der Waals surface area contributed by atoms with Crippen LogP contribution >= 0.6 is 11.6 Å². The van der Waals surface area contributed by atoms with E-state index in [9.17, 15) is 4.39 Å². The number of fused-ring (bicyclic) bond motifs is 2. The zero-order valence-corrected chi connectivity index (χ0v) is 18.1. The molecule has 3 N–H and O–H groups in total. The molecule has 2 aliphatic rings. The van der Waals surface area contributed by atoms with Gasteiger partial charge in [0.25, 0.3) is 0 Å². The first-order valence-corrected chi connectivity index (χ1v) is 10.9. The number of rotatable bonds is 3. The van der Waals surface area contributed by atoms with E-state index in [1.807, 2.05) is 13.0 Å². The average Bonchev–Trinajstić information content (AvgIpc) is 3.13. The average molecular weight is 440 g/mol. The van der Waals surface area contributed by atoms with Crippen LogP contribution in [0, 0.1) is 12.7 Å². The number of aromatic amines is 1. The number of nitrogens with one attached hydrogen (secondary N) is 3. The maximum atomic E-state index is 14.5. The quantitative estimate of drug-likeness (QED) is 0.441. The Kier molecular flexibility index (Phi) is 4.01. The van der Waals surface area contributed by atoms with E-state index < -0.39 is 5.82 Å². The van der Waals surface area contributed by atoms with Crippen LogP contribution in [0.15, 0.2) is 30.6 Å². The van der Waals surface area contributed by atoms with E-state index in [1.165, 1.54) is 18.9 Å². The highest BCUT2D eigenvalue weighted by molar-refractivity contribution is 6.36. The van der Waals surface area contributed by atoms with E-state index in [2.05, 4.69) is 43.7 Å². The number of piperazine rings is 1. The van der Waals surface area contributed by atoms with Gasteiger partial charge in [0.15, 0.2) is 17.3 Å². The fraction of sp³-hybridized carbons (Fsp3) is 0.364. The van der Waals surface area contributed by atoms with Gasteiger partial charge in [0.05, 0.1) is 27.3 Å². The van der Waals surface area contributed by atoms with Gasteiger partial charge in [0.1, 0.15) is 0 Å². The molecule has 1 saturated heterocycles. The summed E-state index contributed by atoms with van der Waals surface area (Å²) in [6.07, 6.45) is 6.02. The van der Waals surface area contributed by atoms with E-state index in [0.29, 0.717) is 28.2 Å². The zero-order valence-electron chi connectivity index (χ0n) is 17.3. The smallest absolute Gasteiger partial charge is 0.173 e. The fourth-order valence-corrected chi connectivity index (χ4v) is 5.08. The topological polar surface area (TPSA) is 73.3 Å². The summed E-state index contributed by atoms with van der Waals surface area (Å²) >= 11 is 6.72. The van der Waals surface area contributed by atoms with Gasteiger partial charge >= 0.3 is 0 Å². The Morgan fingerprint density at radius 1 is 1.26 bits per heavy atom. The van der Waals surface area contributed by atoms with Crippen LogP contribution in [-0.4, -0.2) is 44.3 Å². The van der Waals surface area contributed by atoms with Gasteiger partial charge < -0.3 is 19.9 Å². The Morgan fingerprint density at radius 3 is 2.90 bits per heavy atom. The maximum Gasteiger partial charge on any atom is 0.173 e. The minimum atomic E-state index is -0.395. The first-order valence-electron chi connectivity index (χ1n) is 10.5. The predicted octanol–water partition coefficient (Wildman–Crippen LogP) is 4.39. The second-order valence-corrected chi connectivity index (χ2v) is 9.35. The molecule has 9 heteroatoms. The molecule has 2 fully saturated rings. The van der Waals surface area contributed by atoms with Gasteiger partial charge in [-0.25, -0.2) is 9.37 Å². The lowest BCUT2D eigenvalue weighted by molar-refractivity contribution is 0.372. The molecule has 4 aromatic rings. The summed E-state index contributed by atoms with van der Waals surface area (Å²) in [6.45, 7) is 5.99. The summed E-state index contributed by atoms with van der Waals surface area (Å²) in [5, 5.41) is 15.8. The van der Waals surface area contributed by atoms with Crippen molar-refractivity contribution >= 4 is 45.3 Å². The number of aromatic nitrogens is 4. The third-order valence-electron chi connectivity index (χ3n) is 6.25. The highest BCUT2D eigenvalue weighted by atomic mass is 35.5. The SMILES string of the molecule is Cc1cn2cc(Nc3n[nH]c4cc(N5C[C@@H](C)NC6(CC6)C5)cc(Cl)c34)cc(F)c2n1. The molecular formula is C22H23ClFN7. The van der Waals surface area contributed by atoms with Crippen molar-refractivity contribution < 1.29 is 4.39 Å². The van der Waals surface area contributed by atoms with Gasteiger partial charge in [-0.05, 0) is 38.8 Å². The fourth-order valence-electron chi connectivity index (χ4n) is 4.78. The number of benzene rings is 1. The van der Waals surface area contributed by atoms with E-state index in [0.717, 1.165) is 35.4 Å². The standard InChI is InChI=1S/C22H23ClFN7/c1-12-8-30-10-14(5-17(24)21(30)25-12)26-20-19-16(23)6-15(7-18(19)28-29-20)31-9-13(2)27-22(11-31)3-4-22/h5-8,10,13,27H,3-4,9,11H2,1-2H3,(H2,26,28,29)/t13-/m1/s1. The molecule has 0 radical (unpaired) electrons. The Hall–Kier alpha value is -2.84. The monoisotopic (exact) mass is 439 g/mol. The molecule has 160 valence electrons. The molecule has 1 saturated carbocycles. The minimum absolute atomic E-state index is 0.258. The van der Waals surface area contributed by atoms with Crippen LogP contribution in [0.25, 0.3) is 16.6 Å². The van der Waals surface area contributed by atoms with Crippen LogP contribution in [-0.2, 0) is 0 Å². The molecule has 1 aliphatic heterocycles. The van der Waals surface area contributed by atoms with Crippen molar-refractivity contribution in [2.75, 3.05) is 23.3 Å². The van der Waals surface area contributed by atoms with Crippen LogP contribution in [0.5, 0.6) is 0 Å². The number of hydrogen-bond donors (Lipinski definition) is 3. The normalized spacial score (nSPS) is 20.1. The van der Waals surface area contributed by atoms with Crippen molar-refractivity contribution in [1.29, 1.82) is 0 Å². The number of pyridine rings is 1. The molecule has 6 rings (SSSR count). The summed E-state index contributed by atoms with van der Waals surface area (Å²) < 4.78 is 16.1. The van der Waals surface area contributed by atoms with Crippen LogP contribution in [0.4, 0.5) is 21.6 Å². The van der Waals surface area contributed by atoms with Gasteiger partial charge in [-0.3, -0.25) is 5.10 Å². The lowest BCUT2D eigenvalue weighted by atomic mass is 10.1. The summed E-state index contributed by atoms with van der Waals surface area (Å²) in [4.78, 5) is 6.60. The molecule has 7 nitrogen and oxygen atoms in total. The van der Waals surface area contributed by atoms with E-state index in [-0.39, 0.29) is 5.54 Å². The van der Waals surface area contributed by atoms with Crippen LogP contribution < -0.4 is 15.5 Å². The number of imidazole rings is 1. The molecular weight excluding hydrogens is 417 g/mol. The van der Waals surface area contributed by atoms with Gasteiger partial charge in [-0.1, -0.05) is 11.6 Å². The summed E-state index contributed by atoms with van der Waals surface area (Å²) in [5.74, 6) is 0.169. The minimum Gasteiger partial charge on any atom is -0.368 e. The van der Waals surface area contributed by atoms with Crippen LogP contribution in [0.3, 0.4) is 0 Å². The number of H-pyrrole nitrogens is 1. The largest absolute Gasteiger partial charge is 0.368 e. The Balaban J connectivity index is 1.34. The molecule has 0 unspecified atom stereocenters. The zero-order chi connectivity index (χ0) is 21.3. The summed E-state index contributed by atoms with van der Waals surface area (Å²) in [5.41, 5.74) is 3.83. The molecule has 1 aliphatic carbocycles. The van der Waals surface area contributed by atoms with Gasteiger partial charge in [0, 0.05) is 48.8 Å². The first kappa shape index (κ1) is 18.9. The van der Waals surface area contributed by atoms with Gasteiger partial charge in [-0.15, -0.1) is 0 Å². The van der Waals surface area contributed by atoms with Crippen molar-refractivity contribution in [2.24, 2.45) is 0 Å². The predicted molar refractivity (Wildman–Crippen MR) is 121 cm³/mol. The molecule has 3 aromatic heterocycles. The van der Waals surface area contributed by atoms with Crippen molar-refractivity contribution in [3.8, 4) is 0 Å². The molecule has 0 amide bonds. The maximum absolute atomic E-state index is 14.5. The van der Waals surface area contributed by atoms with Crippen molar-refractivity contribution in [3.63, 3.8) is 0 Å². The first-order chi connectivity index (χ1) is 14.9. The van der Waals surface area contributed by atoms with E-state index in [4.69, 9.17) is 11.6 Å². The molecule has 0 bridgehead atoms. The summed E-state index contributed by atoms with van der Waals surface area (Å²) in [7, 11) is 0. The lowest BCUT2D eigenvalue weighted by Gasteiger charge is -2.39. The van der Waals surface area contributed by atoms with E-state index >= 15 is 0 Å². The van der Waals surface area contributed by atoms with Crippen molar-refractivity contribution in [3.05, 3.63) is 47.1 Å². The molecule has 1 atom stereocenters. The van der Waals surface area contributed by atoms with Crippen LogP contribution in [0.1, 0.15) is 25.5 Å². The second kappa shape index (κ2) is 6.58. The Labute approximate surface area is 183 Å². The third-order valence-corrected chi connectivity index (χ3v) is 6.55. The third kappa shape index (κ3) is 3.21. The lowest BCUT2D eigenvalue weighted by Crippen LogP contribution is -2.57. The number of aryl methyl sites for hydroxylation is 1. The molecule has 1 aromatic carbocycles. The molecule has 4 heterocycles. The molecule has 1 spiro atoms. The van der Waals surface area contributed by atoms with Crippen molar-refractivity contribution in [1.82, 2.24) is 24.9 Å². The van der Waals surface area contributed by atoms with Crippen LogP contribution in [0.2, 0.25) is 5.02 Å². The highest BCUT2D eigenvalue weighted by Gasteiger charge is 2.47. The van der Waals surface area contributed by atoms with Gasteiger partial charge in [0.2, 0.25) is 0 Å². The number of hydrogen-bond acceptors (Lipinski definition) is 5. The summed E-state index contributed by atoms with van der Waals surface area (Å²) in [6, 6.07) is 5.95. The van der Waals surface area contributed by atoms with Crippen molar-refractivity contribution in [2.45, 2.75) is 38.3 Å². The number of halogens is 2. The van der Waals surface area contributed by atoms with E-state index in [1.54, 1.807) is 16.8 Å². The number of anilines is 3. The second-order valence-electron chi connectivity index (χ2n) is 8.94. The number of nitrogens with zero attached hydrogens (tertiary/aromatic N) is 4. The van der Waals surface area contributed by atoms with Gasteiger partial charge in [-0.2, -0.15) is 5.10 Å². The molecule has 31 heavy (non-hydrogen) atoms. The Bertz CT molecular complexity index is 1320.